The standard InChI is InChI=1S/C10H15N3/c1-7-9(3-2-6-12-7)10(13-11)8-4-5-8/h2-3,6,8,10,13H,4-5,11H2,1H3. The minimum absolute atomic E-state index is 0.300. The molecule has 0 aliphatic heterocycles. The largest absolute Gasteiger partial charge is 0.271 e. The summed E-state index contributed by atoms with van der Waals surface area (Å²) < 4.78 is 0. The molecule has 3 nitrogen and oxygen atoms in total. The first-order valence-electron chi connectivity index (χ1n) is 4.70. The molecule has 1 fully saturated rings. The Morgan fingerprint density at radius 3 is 2.92 bits per heavy atom. The summed E-state index contributed by atoms with van der Waals surface area (Å²) in [7, 11) is 0. The van der Waals surface area contributed by atoms with E-state index in [2.05, 4.69) is 16.5 Å². The Kier molecular flexibility index (Phi) is 2.29. The first kappa shape index (κ1) is 8.66. The number of aromatic nitrogens is 1. The SMILES string of the molecule is Cc1ncccc1C(NN)C1CC1. The van der Waals surface area contributed by atoms with Crippen LogP contribution in [0.1, 0.15) is 30.1 Å². The van der Waals surface area contributed by atoms with Crippen LogP contribution >= 0.6 is 0 Å². The van der Waals surface area contributed by atoms with Crippen LogP contribution in [-0.4, -0.2) is 4.98 Å². The Morgan fingerprint density at radius 1 is 1.62 bits per heavy atom. The van der Waals surface area contributed by atoms with Gasteiger partial charge in [0.1, 0.15) is 0 Å². The van der Waals surface area contributed by atoms with E-state index in [1.54, 1.807) is 0 Å². The predicted molar refractivity (Wildman–Crippen MR) is 51.8 cm³/mol. The number of pyridine rings is 1. The lowest BCUT2D eigenvalue weighted by Gasteiger charge is -2.16. The fraction of sp³-hybridized carbons (Fsp3) is 0.500. The van der Waals surface area contributed by atoms with Crippen LogP contribution in [0.2, 0.25) is 0 Å². The second-order valence-electron chi connectivity index (χ2n) is 3.66. The van der Waals surface area contributed by atoms with Crippen molar-refractivity contribution in [2.75, 3.05) is 0 Å². The van der Waals surface area contributed by atoms with Crippen molar-refractivity contribution in [2.24, 2.45) is 11.8 Å². The van der Waals surface area contributed by atoms with Crippen molar-refractivity contribution in [1.29, 1.82) is 0 Å². The van der Waals surface area contributed by atoms with Crippen LogP contribution in [0.4, 0.5) is 0 Å². The Bertz CT molecular complexity index is 294. The number of rotatable bonds is 3. The summed E-state index contributed by atoms with van der Waals surface area (Å²) in [6.45, 7) is 2.03. The number of aryl methyl sites for hydroxylation is 1. The number of nitrogens with two attached hydrogens (primary N) is 1. The molecule has 3 heteroatoms. The van der Waals surface area contributed by atoms with Gasteiger partial charge in [0, 0.05) is 11.9 Å². The molecule has 0 aromatic carbocycles. The molecular formula is C10H15N3. The zero-order chi connectivity index (χ0) is 9.26. The molecule has 0 saturated heterocycles. The first-order valence-corrected chi connectivity index (χ1v) is 4.70. The van der Waals surface area contributed by atoms with Crippen LogP contribution in [0.5, 0.6) is 0 Å². The van der Waals surface area contributed by atoms with E-state index in [1.807, 2.05) is 19.2 Å². The summed E-state index contributed by atoms with van der Waals surface area (Å²) in [6, 6.07) is 4.37. The molecule has 0 radical (unpaired) electrons. The van der Waals surface area contributed by atoms with Gasteiger partial charge < -0.3 is 0 Å². The molecule has 70 valence electrons. The van der Waals surface area contributed by atoms with Gasteiger partial charge in [0.2, 0.25) is 0 Å². The molecule has 1 atom stereocenters. The third kappa shape index (κ3) is 1.71. The quantitative estimate of drug-likeness (QED) is 0.540. The van der Waals surface area contributed by atoms with Gasteiger partial charge in [-0.05, 0) is 37.3 Å². The highest BCUT2D eigenvalue weighted by Crippen LogP contribution is 2.40. The summed E-state index contributed by atoms with van der Waals surface area (Å²) >= 11 is 0. The average Bonchev–Trinajstić information content (AvgIpc) is 2.93. The first-order chi connectivity index (χ1) is 6.33. The van der Waals surface area contributed by atoms with Crippen molar-refractivity contribution >= 4 is 0 Å². The molecular weight excluding hydrogens is 162 g/mol. The topological polar surface area (TPSA) is 50.9 Å². The minimum Gasteiger partial charge on any atom is -0.271 e. The second-order valence-corrected chi connectivity index (χ2v) is 3.66. The van der Waals surface area contributed by atoms with Crippen LogP contribution in [0.15, 0.2) is 18.3 Å². The fourth-order valence-corrected chi connectivity index (χ4v) is 1.73. The van der Waals surface area contributed by atoms with E-state index in [4.69, 9.17) is 5.84 Å². The van der Waals surface area contributed by atoms with Gasteiger partial charge in [0.25, 0.3) is 0 Å². The third-order valence-electron chi connectivity index (χ3n) is 2.66. The molecule has 0 bridgehead atoms. The van der Waals surface area contributed by atoms with Crippen LogP contribution in [0.3, 0.4) is 0 Å². The van der Waals surface area contributed by atoms with Gasteiger partial charge in [-0.3, -0.25) is 16.3 Å². The number of nitrogens with one attached hydrogen (secondary N) is 1. The third-order valence-corrected chi connectivity index (χ3v) is 2.66. The molecule has 0 amide bonds. The van der Waals surface area contributed by atoms with E-state index in [9.17, 15) is 0 Å². The lowest BCUT2D eigenvalue weighted by atomic mass is 10.0. The molecule has 1 saturated carbocycles. The molecule has 13 heavy (non-hydrogen) atoms. The highest BCUT2D eigenvalue weighted by molar-refractivity contribution is 5.24. The van der Waals surface area contributed by atoms with Gasteiger partial charge in [0.15, 0.2) is 0 Å². The Hall–Kier alpha value is -0.930. The summed E-state index contributed by atoms with van der Waals surface area (Å²) in [5.74, 6) is 6.25. The summed E-state index contributed by atoms with van der Waals surface area (Å²) in [5.41, 5.74) is 5.21. The van der Waals surface area contributed by atoms with Crippen LogP contribution in [0, 0.1) is 12.8 Å². The van der Waals surface area contributed by atoms with E-state index in [0.717, 1.165) is 5.69 Å². The summed E-state index contributed by atoms with van der Waals surface area (Å²) in [5, 5.41) is 0. The smallest absolute Gasteiger partial charge is 0.0506 e. The second kappa shape index (κ2) is 3.44. The molecule has 1 aromatic heterocycles. The normalized spacial score (nSPS) is 18.6. The Morgan fingerprint density at radius 2 is 2.38 bits per heavy atom. The molecule has 1 aromatic rings. The van der Waals surface area contributed by atoms with Crippen LogP contribution in [0.25, 0.3) is 0 Å². The van der Waals surface area contributed by atoms with Gasteiger partial charge in [-0.15, -0.1) is 0 Å². The van der Waals surface area contributed by atoms with E-state index >= 15 is 0 Å². The number of nitrogens with zero attached hydrogens (tertiary/aromatic N) is 1. The highest BCUT2D eigenvalue weighted by Gasteiger charge is 2.32. The number of hydrogen-bond acceptors (Lipinski definition) is 3. The highest BCUT2D eigenvalue weighted by atomic mass is 15.2. The lowest BCUT2D eigenvalue weighted by molar-refractivity contribution is 0.492. The maximum Gasteiger partial charge on any atom is 0.0506 e. The Balaban J connectivity index is 2.26. The van der Waals surface area contributed by atoms with Gasteiger partial charge >= 0.3 is 0 Å². The predicted octanol–water partition coefficient (Wildman–Crippen LogP) is 1.30. The molecule has 1 unspecified atom stereocenters. The summed E-state index contributed by atoms with van der Waals surface area (Å²) in [6.07, 6.45) is 4.38. The number of hydrogen-bond donors (Lipinski definition) is 2. The number of hydrazine groups is 1. The van der Waals surface area contributed by atoms with Crippen molar-refractivity contribution in [3.05, 3.63) is 29.6 Å². The lowest BCUT2D eigenvalue weighted by Crippen LogP contribution is -2.30. The van der Waals surface area contributed by atoms with Gasteiger partial charge in [-0.2, -0.15) is 0 Å². The van der Waals surface area contributed by atoms with Crippen LogP contribution < -0.4 is 11.3 Å². The molecule has 1 aliphatic carbocycles. The zero-order valence-corrected chi connectivity index (χ0v) is 7.83. The molecule has 1 aliphatic rings. The van der Waals surface area contributed by atoms with Gasteiger partial charge in [-0.1, -0.05) is 6.07 Å². The van der Waals surface area contributed by atoms with Crippen molar-refractivity contribution in [3.63, 3.8) is 0 Å². The summed E-state index contributed by atoms with van der Waals surface area (Å²) in [4.78, 5) is 4.26. The Labute approximate surface area is 78.3 Å². The maximum atomic E-state index is 5.54. The monoisotopic (exact) mass is 177 g/mol. The van der Waals surface area contributed by atoms with Crippen molar-refractivity contribution in [3.8, 4) is 0 Å². The van der Waals surface area contributed by atoms with Crippen molar-refractivity contribution in [1.82, 2.24) is 10.4 Å². The van der Waals surface area contributed by atoms with E-state index < -0.39 is 0 Å². The van der Waals surface area contributed by atoms with E-state index in [0.29, 0.717) is 12.0 Å². The minimum atomic E-state index is 0.300. The maximum absolute atomic E-state index is 5.54. The van der Waals surface area contributed by atoms with Gasteiger partial charge in [-0.25, -0.2) is 0 Å². The average molecular weight is 177 g/mol. The fourth-order valence-electron chi connectivity index (χ4n) is 1.73. The molecule has 0 spiro atoms. The van der Waals surface area contributed by atoms with E-state index in [1.165, 1.54) is 18.4 Å². The van der Waals surface area contributed by atoms with Crippen LogP contribution in [-0.2, 0) is 0 Å². The van der Waals surface area contributed by atoms with E-state index in [-0.39, 0.29) is 0 Å². The van der Waals surface area contributed by atoms with Crippen molar-refractivity contribution in [2.45, 2.75) is 25.8 Å². The zero-order valence-electron chi connectivity index (χ0n) is 7.83. The molecule has 2 rings (SSSR count). The van der Waals surface area contributed by atoms with Gasteiger partial charge in [0.05, 0.1) is 6.04 Å². The molecule has 3 N–H and O–H groups in total. The van der Waals surface area contributed by atoms with Crippen molar-refractivity contribution < 1.29 is 0 Å². The molecule has 1 heterocycles.